The highest BCUT2D eigenvalue weighted by molar-refractivity contribution is 5.87. The number of allylic oxidation sites excluding steroid dienone is 2. The van der Waals surface area contributed by atoms with Crippen molar-refractivity contribution in [1.82, 2.24) is 9.80 Å². The SMILES string of the molecule is CN(C)C(=O)[C@@H]1CC[C@](C)(C(=O)N2C[C@H]3CC=CC[C@H]3C2)C1(C)C. The van der Waals surface area contributed by atoms with Crippen LogP contribution < -0.4 is 0 Å². The van der Waals surface area contributed by atoms with Gasteiger partial charge in [0.25, 0.3) is 0 Å². The molecule has 0 aromatic heterocycles. The van der Waals surface area contributed by atoms with E-state index >= 15 is 0 Å². The second-order valence-corrected chi connectivity index (χ2v) is 9.05. The second-order valence-electron chi connectivity index (χ2n) is 9.05. The molecule has 0 aromatic rings. The van der Waals surface area contributed by atoms with Gasteiger partial charge in [-0.1, -0.05) is 32.9 Å². The summed E-state index contributed by atoms with van der Waals surface area (Å²) in [5, 5.41) is 0. The zero-order valence-corrected chi connectivity index (χ0v) is 15.8. The fourth-order valence-electron chi connectivity index (χ4n) is 5.16. The van der Waals surface area contributed by atoms with E-state index in [9.17, 15) is 9.59 Å². The Labute approximate surface area is 146 Å². The van der Waals surface area contributed by atoms with E-state index < -0.39 is 5.41 Å². The molecule has 134 valence electrons. The molecule has 0 aromatic carbocycles. The van der Waals surface area contributed by atoms with E-state index in [1.54, 1.807) is 4.90 Å². The van der Waals surface area contributed by atoms with Crippen LogP contribution in [0.2, 0.25) is 0 Å². The number of hydrogen-bond donors (Lipinski definition) is 0. The van der Waals surface area contributed by atoms with Crippen molar-refractivity contribution in [1.29, 1.82) is 0 Å². The topological polar surface area (TPSA) is 40.6 Å². The van der Waals surface area contributed by atoms with Crippen molar-refractivity contribution < 1.29 is 9.59 Å². The van der Waals surface area contributed by atoms with Gasteiger partial charge in [-0.3, -0.25) is 9.59 Å². The van der Waals surface area contributed by atoms with Gasteiger partial charge in [0.15, 0.2) is 0 Å². The van der Waals surface area contributed by atoms with Crippen molar-refractivity contribution in [3.8, 4) is 0 Å². The molecule has 1 heterocycles. The van der Waals surface area contributed by atoms with Crippen LogP contribution in [0.4, 0.5) is 0 Å². The number of rotatable bonds is 2. The molecule has 3 aliphatic rings. The molecule has 2 amide bonds. The van der Waals surface area contributed by atoms with Gasteiger partial charge in [-0.25, -0.2) is 0 Å². The molecular formula is C20H32N2O2. The summed E-state index contributed by atoms with van der Waals surface area (Å²) in [5.74, 6) is 1.64. The number of nitrogens with zero attached hydrogens (tertiary/aromatic N) is 2. The summed E-state index contributed by atoms with van der Waals surface area (Å²) in [6.07, 6.45) is 8.37. The van der Waals surface area contributed by atoms with Crippen LogP contribution in [-0.4, -0.2) is 48.8 Å². The summed E-state index contributed by atoms with van der Waals surface area (Å²) < 4.78 is 0. The number of carbonyl (C=O) groups excluding carboxylic acids is 2. The third-order valence-corrected chi connectivity index (χ3v) is 7.35. The predicted molar refractivity (Wildman–Crippen MR) is 95.2 cm³/mol. The fraction of sp³-hybridized carbons (Fsp3) is 0.800. The lowest BCUT2D eigenvalue weighted by Gasteiger charge is -2.42. The van der Waals surface area contributed by atoms with Crippen molar-refractivity contribution in [2.45, 2.75) is 46.5 Å². The molecule has 1 aliphatic heterocycles. The average Bonchev–Trinajstić information content (AvgIpc) is 3.06. The largest absolute Gasteiger partial charge is 0.349 e. The van der Waals surface area contributed by atoms with E-state index in [-0.39, 0.29) is 23.1 Å². The second kappa shape index (κ2) is 5.89. The summed E-state index contributed by atoms with van der Waals surface area (Å²) >= 11 is 0. The first-order valence-corrected chi connectivity index (χ1v) is 9.34. The molecule has 1 saturated heterocycles. The van der Waals surface area contributed by atoms with E-state index in [0.29, 0.717) is 11.8 Å². The Morgan fingerprint density at radius 1 is 1.04 bits per heavy atom. The van der Waals surface area contributed by atoms with Crippen LogP contribution in [0.15, 0.2) is 12.2 Å². The maximum atomic E-state index is 13.4. The van der Waals surface area contributed by atoms with E-state index in [1.807, 2.05) is 14.1 Å². The van der Waals surface area contributed by atoms with Crippen LogP contribution in [0.25, 0.3) is 0 Å². The summed E-state index contributed by atoms with van der Waals surface area (Å²) in [6, 6.07) is 0. The Morgan fingerprint density at radius 3 is 2.08 bits per heavy atom. The molecule has 4 heteroatoms. The lowest BCUT2D eigenvalue weighted by Crippen LogP contribution is -2.50. The lowest BCUT2D eigenvalue weighted by molar-refractivity contribution is -0.149. The van der Waals surface area contributed by atoms with E-state index in [0.717, 1.165) is 38.8 Å². The maximum Gasteiger partial charge on any atom is 0.229 e. The first-order valence-electron chi connectivity index (χ1n) is 9.34. The van der Waals surface area contributed by atoms with Crippen LogP contribution in [0.3, 0.4) is 0 Å². The molecule has 24 heavy (non-hydrogen) atoms. The molecule has 0 unspecified atom stereocenters. The van der Waals surface area contributed by atoms with Gasteiger partial charge < -0.3 is 9.80 Å². The highest BCUT2D eigenvalue weighted by Gasteiger charge is 2.59. The minimum atomic E-state index is -0.440. The van der Waals surface area contributed by atoms with E-state index in [2.05, 4.69) is 37.8 Å². The van der Waals surface area contributed by atoms with Crippen molar-refractivity contribution in [3.05, 3.63) is 12.2 Å². The normalized spacial score (nSPS) is 37.4. The molecule has 4 nitrogen and oxygen atoms in total. The monoisotopic (exact) mass is 332 g/mol. The number of carbonyl (C=O) groups is 2. The number of likely N-dealkylation sites (tertiary alicyclic amines) is 1. The maximum absolute atomic E-state index is 13.4. The Kier molecular flexibility index (Phi) is 4.29. The first-order chi connectivity index (χ1) is 11.2. The van der Waals surface area contributed by atoms with E-state index in [1.165, 1.54) is 0 Å². The summed E-state index contributed by atoms with van der Waals surface area (Å²) in [5.41, 5.74) is -0.748. The first kappa shape index (κ1) is 17.5. The van der Waals surface area contributed by atoms with Crippen molar-refractivity contribution >= 4 is 11.8 Å². The van der Waals surface area contributed by atoms with Gasteiger partial charge in [0.2, 0.25) is 11.8 Å². The molecule has 0 radical (unpaired) electrons. The smallest absolute Gasteiger partial charge is 0.229 e. The minimum Gasteiger partial charge on any atom is -0.349 e. The Balaban J connectivity index is 1.78. The zero-order valence-electron chi connectivity index (χ0n) is 15.8. The van der Waals surface area contributed by atoms with Crippen molar-refractivity contribution in [3.63, 3.8) is 0 Å². The molecule has 0 N–H and O–H groups in total. The highest BCUT2D eigenvalue weighted by atomic mass is 16.2. The lowest BCUT2D eigenvalue weighted by atomic mass is 9.64. The molecule has 1 saturated carbocycles. The fourth-order valence-corrected chi connectivity index (χ4v) is 5.16. The molecule has 3 rings (SSSR count). The Bertz CT molecular complexity index is 550. The Hall–Kier alpha value is -1.32. The number of hydrogen-bond acceptors (Lipinski definition) is 2. The third kappa shape index (κ3) is 2.49. The van der Waals surface area contributed by atoms with Crippen LogP contribution in [0.5, 0.6) is 0 Å². The highest BCUT2D eigenvalue weighted by Crippen LogP contribution is 2.57. The van der Waals surface area contributed by atoms with Crippen molar-refractivity contribution in [2.24, 2.45) is 28.6 Å². The predicted octanol–water partition coefficient (Wildman–Crippen LogP) is 2.94. The van der Waals surface area contributed by atoms with Gasteiger partial charge in [0.1, 0.15) is 0 Å². The minimum absolute atomic E-state index is 0.0620. The summed E-state index contributed by atoms with van der Waals surface area (Å²) in [4.78, 5) is 29.8. The third-order valence-electron chi connectivity index (χ3n) is 7.35. The quantitative estimate of drug-likeness (QED) is 0.730. The number of fused-ring (bicyclic) bond motifs is 1. The van der Waals surface area contributed by atoms with Crippen molar-refractivity contribution in [2.75, 3.05) is 27.2 Å². The summed E-state index contributed by atoms with van der Waals surface area (Å²) in [7, 11) is 3.63. The molecule has 2 fully saturated rings. The zero-order chi connectivity index (χ0) is 17.7. The van der Waals surface area contributed by atoms with Gasteiger partial charge in [0.05, 0.1) is 5.41 Å². The van der Waals surface area contributed by atoms with Gasteiger partial charge >= 0.3 is 0 Å². The summed E-state index contributed by atoms with van der Waals surface area (Å²) in [6.45, 7) is 8.12. The molecule has 4 atom stereocenters. The molecule has 0 bridgehead atoms. The molecular weight excluding hydrogens is 300 g/mol. The average molecular weight is 332 g/mol. The van der Waals surface area contributed by atoms with Gasteiger partial charge in [0, 0.05) is 33.1 Å². The van der Waals surface area contributed by atoms with Crippen LogP contribution in [0.1, 0.15) is 46.5 Å². The van der Waals surface area contributed by atoms with Crippen LogP contribution in [0, 0.1) is 28.6 Å². The standard InChI is InChI=1S/C20H32N2O2/c1-19(2)16(17(23)21(4)5)10-11-20(19,3)18(24)22-12-14-8-6-7-9-15(14)13-22/h6-7,14-16H,8-13H2,1-5H3/t14-,15+,16-,20+/m0/s1. The van der Waals surface area contributed by atoms with Gasteiger partial charge in [-0.05, 0) is 42.9 Å². The molecule has 0 spiro atoms. The van der Waals surface area contributed by atoms with Gasteiger partial charge in [-0.15, -0.1) is 0 Å². The Morgan fingerprint density at radius 2 is 1.58 bits per heavy atom. The van der Waals surface area contributed by atoms with Crippen LogP contribution in [-0.2, 0) is 9.59 Å². The van der Waals surface area contributed by atoms with Crippen LogP contribution >= 0.6 is 0 Å². The van der Waals surface area contributed by atoms with Gasteiger partial charge in [-0.2, -0.15) is 0 Å². The number of amides is 2. The molecule has 2 aliphatic carbocycles. The van der Waals surface area contributed by atoms with E-state index in [4.69, 9.17) is 0 Å².